The van der Waals surface area contributed by atoms with E-state index in [-0.39, 0.29) is 24.1 Å². The molecule has 2 heterocycles. The Labute approximate surface area is 169 Å². The Morgan fingerprint density at radius 1 is 1.28 bits per heavy atom. The molecule has 1 aliphatic rings. The molecular formula is C21H26FN3O4. The second kappa shape index (κ2) is 10.3. The molecule has 0 saturated carbocycles. The van der Waals surface area contributed by atoms with Gasteiger partial charge in [-0.3, -0.25) is 4.79 Å². The third kappa shape index (κ3) is 5.48. The second-order valence-corrected chi connectivity index (χ2v) is 7.07. The number of benzene rings is 1. The summed E-state index contributed by atoms with van der Waals surface area (Å²) in [7, 11) is 1.59. The lowest BCUT2D eigenvalue weighted by Crippen LogP contribution is -2.40. The lowest BCUT2D eigenvalue weighted by molar-refractivity contribution is -0.133. The zero-order chi connectivity index (χ0) is 20.6. The minimum absolute atomic E-state index is 0.127. The van der Waals surface area contributed by atoms with Gasteiger partial charge in [0.15, 0.2) is 0 Å². The van der Waals surface area contributed by atoms with Crippen molar-refractivity contribution in [2.75, 3.05) is 33.4 Å². The maximum absolute atomic E-state index is 14.3. The first-order valence-electron chi connectivity index (χ1n) is 9.72. The number of likely N-dealkylation sites (tertiary alicyclic amines) is 1. The summed E-state index contributed by atoms with van der Waals surface area (Å²) in [6.07, 6.45) is 5.18. The smallest absolute Gasteiger partial charge is 0.316 e. The number of hydrogen-bond donors (Lipinski definition) is 1. The molecule has 3 rings (SSSR count). The number of piperidine rings is 1. The summed E-state index contributed by atoms with van der Waals surface area (Å²) in [5, 5.41) is 9.19. The summed E-state index contributed by atoms with van der Waals surface area (Å²) in [4.78, 5) is 22.2. The molecular weight excluding hydrogens is 377 g/mol. The van der Waals surface area contributed by atoms with Gasteiger partial charge in [-0.25, -0.2) is 14.4 Å². The average molecular weight is 403 g/mol. The monoisotopic (exact) mass is 403 g/mol. The minimum atomic E-state index is -0.473. The standard InChI is InChI=1S/C21H26FN3O4/c1-28-10-7-19(27)25-8-5-15(6-9-25)14-29-21-23-11-17(12-24-21)18-4-2-3-16(13-26)20(18)22/h2-4,11-12,15,26H,5-10,13-14H2,1H3. The van der Waals surface area contributed by atoms with Crippen molar-refractivity contribution in [3.8, 4) is 17.1 Å². The van der Waals surface area contributed by atoms with Crippen molar-refractivity contribution in [1.29, 1.82) is 0 Å². The van der Waals surface area contributed by atoms with Crippen LogP contribution in [0.1, 0.15) is 24.8 Å². The van der Waals surface area contributed by atoms with E-state index >= 15 is 0 Å². The fraction of sp³-hybridized carbons (Fsp3) is 0.476. The van der Waals surface area contributed by atoms with Gasteiger partial charge in [0.1, 0.15) is 5.82 Å². The van der Waals surface area contributed by atoms with Gasteiger partial charge >= 0.3 is 6.01 Å². The number of ether oxygens (including phenoxy) is 2. The number of rotatable bonds is 8. The molecule has 0 radical (unpaired) electrons. The Hall–Kier alpha value is -2.58. The Morgan fingerprint density at radius 3 is 2.66 bits per heavy atom. The van der Waals surface area contributed by atoms with Crippen LogP contribution in [0, 0.1) is 11.7 Å². The molecule has 1 saturated heterocycles. The molecule has 29 heavy (non-hydrogen) atoms. The predicted octanol–water partition coefficient (Wildman–Crippen LogP) is 2.43. The van der Waals surface area contributed by atoms with E-state index in [0.717, 1.165) is 25.9 Å². The number of halogens is 1. The van der Waals surface area contributed by atoms with E-state index in [1.54, 1.807) is 19.2 Å². The summed E-state index contributed by atoms with van der Waals surface area (Å²) in [6.45, 7) is 2.00. The SMILES string of the molecule is COCCC(=O)N1CCC(COc2ncc(-c3cccc(CO)c3F)cn2)CC1. The number of carbonyl (C=O) groups excluding carboxylic acids is 1. The highest BCUT2D eigenvalue weighted by Gasteiger charge is 2.23. The highest BCUT2D eigenvalue weighted by molar-refractivity contribution is 5.76. The van der Waals surface area contributed by atoms with E-state index in [1.807, 2.05) is 4.90 Å². The van der Waals surface area contributed by atoms with Crippen LogP contribution in [0.3, 0.4) is 0 Å². The average Bonchev–Trinajstić information content (AvgIpc) is 2.77. The molecule has 0 atom stereocenters. The van der Waals surface area contributed by atoms with Gasteiger partial charge in [0.05, 0.1) is 26.2 Å². The zero-order valence-corrected chi connectivity index (χ0v) is 16.5. The van der Waals surface area contributed by atoms with E-state index in [1.165, 1.54) is 18.5 Å². The maximum Gasteiger partial charge on any atom is 0.316 e. The number of carbonyl (C=O) groups is 1. The number of aromatic nitrogens is 2. The van der Waals surface area contributed by atoms with Crippen molar-refractivity contribution in [3.05, 3.63) is 42.0 Å². The Balaban J connectivity index is 1.50. The normalized spacial score (nSPS) is 14.8. The van der Waals surface area contributed by atoms with Gasteiger partial charge in [-0.1, -0.05) is 18.2 Å². The van der Waals surface area contributed by atoms with Gasteiger partial charge in [0.25, 0.3) is 0 Å². The molecule has 1 amide bonds. The third-order valence-corrected chi connectivity index (χ3v) is 5.12. The highest BCUT2D eigenvalue weighted by Crippen LogP contribution is 2.25. The van der Waals surface area contributed by atoms with E-state index in [0.29, 0.717) is 36.7 Å². The number of methoxy groups -OCH3 is 1. The Bertz CT molecular complexity index is 808. The first-order chi connectivity index (χ1) is 14.1. The van der Waals surface area contributed by atoms with Gasteiger partial charge in [-0.05, 0) is 18.8 Å². The first kappa shape index (κ1) is 21.1. The number of aliphatic hydroxyl groups is 1. The lowest BCUT2D eigenvalue weighted by Gasteiger charge is -2.31. The third-order valence-electron chi connectivity index (χ3n) is 5.12. The van der Waals surface area contributed by atoms with E-state index in [9.17, 15) is 14.3 Å². The molecule has 0 aliphatic carbocycles. The van der Waals surface area contributed by atoms with Crippen LogP contribution in [-0.4, -0.2) is 59.3 Å². The molecule has 0 spiro atoms. The van der Waals surface area contributed by atoms with Crippen molar-refractivity contribution in [2.24, 2.45) is 5.92 Å². The molecule has 7 nitrogen and oxygen atoms in total. The van der Waals surface area contributed by atoms with Gasteiger partial charge in [-0.2, -0.15) is 0 Å². The minimum Gasteiger partial charge on any atom is -0.463 e. The van der Waals surface area contributed by atoms with Crippen LogP contribution in [0.2, 0.25) is 0 Å². The summed E-state index contributed by atoms with van der Waals surface area (Å²) in [5.41, 5.74) is 1.09. The van der Waals surface area contributed by atoms with Crippen LogP contribution >= 0.6 is 0 Å². The fourth-order valence-corrected chi connectivity index (χ4v) is 3.34. The Kier molecular flexibility index (Phi) is 7.48. The molecule has 156 valence electrons. The van der Waals surface area contributed by atoms with Crippen molar-refractivity contribution < 1.29 is 23.8 Å². The topological polar surface area (TPSA) is 84.8 Å². The second-order valence-electron chi connectivity index (χ2n) is 7.07. The molecule has 1 fully saturated rings. The highest BCUT2D eigenvalue weighted by atomic mass is 19.1. The summed E-state index contributed by atoms with van der Waals surface area (Å²) in [5.74, 6) is -0.00912. The van der Waals surface area contributed by atoms with Crippen molar-refractivity contribution >= 4 is 5.91 Å². The number of nitrogens with zero attached hydrogens (tertiary/aromatic N) is 3. The van der Waals surface area contributed by atoms with Gasteiger partial charge in [0, 0.05) is 49.3 Å². The predicted molar refractivity (Wildman–Crippen MR) is 105 cm³/mol. The van der Waals surface area contributed by atoms with E-state index < -0.39 is 5.82 Å². The zero-order valence-electron chi connectivity index (χ0n) is 16.5. The van der Waals surface area contributed by atoms with Crippen molar-refractivity contribution in [2.45, 2.75) is 25.9 Å². The number of amides is 1. The summed E-state index contributed by atoms with van der Waals surface area (Å²) < 4.78 is 25.0. The lowest BCUT2D eigenvalue weighted by atomic mass is 9.97. The molecule has 1 aromatic carbocycles. The van der Waals surface area contributed by atoms with Crippen molar-refractivity contribution in [1.82, 2.24) is 14.9 Å². The van der Waals surface area contributed by atoms with Gasteiger partial charge in [-0.15, -0.1) is 0 Å². The van der Waals surface area contributed by atoms with Crippen molar-refractivity contribution in [3.63, 3.8) is 0 Å². The van der Waals surface area contributed by atoms with Crippen LogP contribution in [-0.2, 0) is 16.1 Å². The summed E-state index contributed by atoms with van der Waals surface area (Å²) >= 11 is 0. The number of hydrogen-bond acceptors (Lipinski definition) is 6. The van der Waals surface area contributed by atoms with Crippen LogP contribution in [0.4, 0.5) is 4.39 Å². The largest absolute Gasteiger partial charge is 0.463 e. The van der Waals surface area contributed by atoms with Gasteiger partial charge in [0.2, 0.25) is 5.91 Å². The van der Waals surface area contributed by atoms with E-state index in [2.05, 4.69) is 9.97 Å². The van der Waals surface area contributed by atoms with Crippen LogP contribution in [0.25, 0.3) is 11.1 Å². The Morgan fingerprint density at radius 2 is 2.00 bits per heavy atom. The van der Waals surface area contributed by atoms with E-state index in [4.69, 9.17) is 9.47 Å². The van der Waals surface area contributed by atoms with Crippen LogP contribution in [0.5, 0.6) is 6.01 Å². The van der Waals surface area contributed by atoms with Gasteiger partial charge < -0.3 is 19.5 Å². The number of aliphatic hydroxyl groups excluding tert-OH is 1. The summed E-state index contributed by atoms with van der Waals surface area (Å²) in [6, 6.07) is 5.08. The molecule has 8 heteroatoms. The van der Waals surface area contributed by atoms with Crippen LogP contribution in [0.15, 0.2) is 30.6 Å². The quantitative estimate of drug-likeness (QED) is 0.729. The molecule has 1 aliphatic heterocycles. The fourth-order valence-electron chi connectivity index (χ4n) is 3.34. The van der Waals surface area contributed by atoms with Crippen LogP contribution < -0.4 is 4.74 Å². The molecule has 1 N–H and O–H groups in total. The molecule has 0 bridgehead atoms. The first-order valence-corrected chi connectivity index (χ1v) is 9.72. The molecule has 1 aromatic heterocycles. The molecule has 2 aromatic rings. The maximum atomic E-state index is 14.3. The molecule has 0 unspecified atom stereocenters.